The van der Waals surface area contributed by atoms with Crippen LogP contribution in [0.15, 0.2) is 0 Å². The van der Waals surface area contributed by atoms with Crippen molar-refractivity contribution < 1.29 is 62.3 Å². The van der Waals surface area contributed by atoms with Gasteiger partial charge in [-0.25, -0.2) is 18.0 Å². The predicted octanol–water partition coefficient (Wildman–Crippen LogP) is -2.85. The van der Waals surface area contributed by atoms with Crippen molar-refractivity contribution >= 4 is 21.4 Å². The second kappa shape index (κ2) is 7.81. The summed E-state index contributed by atoms with van der Waals surface area (Å²) in [5, 5.41) is 27.4. The number of ketones is 1. The first-order valence-electron chi connectivity index (χ1n) is 4.90. The summed E-state index contributed by atoms with van der Waals surface area (Å²) in [5.74, 6) is -1.71. The van der Waals surface area contributed by atoms with E-state index in [0.29, 0.717) is 0 Å². The van der Waals surface area contributed by atoms with E-state index in [0.717, 1.165) is 0 Å². The summed E-state index contributed by atoms with van der Waals surface area (Å²) >= 11 is 0. The summed E-state index contributed by atoms with van der Waals surface area (Å²) < 4.78 is 40.7. The fourth-order valence-electron chi connectivity index (χ4n) is 0.952. The summed E-state index contributed by atoms with van der Waals surface area (Å²) in [4.78, 5) is 44.4. The van der Waals surface area contributed by atoms with Crippen molar-refractivity contribution in [3.63, 3.8) is 0 Å². The summed E-state index contributed by atoms with van der Waals surface area (Å²) in [5.41, 5.74) is 0. The van der Waals surface area contributed by atoms with E-state index in [1.165, 1.54) is 0 Å². The molecule has 0 saturated carbocycles. The fraction of sp³-hybridized carbons (Fsp3) is 0.833. The Hall–Kier alpha value is -0.300. The molecule has 21 heavy (non-hydrogen) atoms. The molecule has 126 valence electrons. The molecule has 7 N–H and O–H groups in total. The highest BCUT2D eigenvalue weighted by atomic mass is 31.2. The highest BCUT2D eigenvalue weighted by Gasteiger charge is 2.38. The summed E-state index contributed by atoms with van der Waals surface area (Å²) in [6.45, 7) is -1.27. The number of hydrogen-bond donors (Lipinski definition) is 7. The zero-order valence-electron chi connectivity index (χ0n) is 9.96. The lowest BCUT2D eigenvalue weighted by atomic mass is 10.1. The van der Waals surface area contributed by atoms with Crippen molar-refractivity contribution in [3.8, 4) is 0 Å². The van der Waals surface area contributed by atoms with E-state index in [-0.39, 0.29) is 0 Å². The first kappa shape index (κ1) is 20.7. The highest BCUT2D eigenvalue weighted by Crippen LogP contribution is 2.39. The molecular weight excluding hydrogens is 345 g/mol. The summed E-state index contributed by atoms with van der Waals surface area (Å²) in [7, 11) is -10.4. The molecule has 12 nitrogen and oxygen atoms in total. The highest BCUT2D eigenvalue weighted by molar-refractivity contribution is 7.46. The van der Waals surface area contributed by atoms with Crippen LogP contribution in [0.25, 0.3) is 0 Å². The largest absolute Gasteiger partial charge is 0.472 e. The molecular formula is C6H13FO12P2. The Balaban J connectivity index is 4.61. The third-order valence-corrected chi connectivity index (χ3v) is 2.81. The molecule has 0 fully saturated rings. The average Bonchev–Trinajstić information content (AvgIpc) is 2.30. The maximum Gasteiger partial charge on any atom is 0.472 e. The number of carbonyl (C=O) groups excluding carboxylic acids is 1. The molecule has 0 heterocycles. The van der Waals surface area contributed by atoms with Crippen LogP contribution >= 0.6 is 15.6 Å². The van der Waals surface area contributed by atoms with E-state index in [2.05, 4.69) is 9.05 Å². The molecule has 0 bridgehead atoms. The van der Waals surface area contributed by atoms with Crippen LogP contribution < -0.4 is 0 Å². The van der Waals surface area contributed by atoms with Crippen LogP contribution in [-0.2, 0) is 23.0 Å². The second-order valence-electron chi connectivity index (χ2n) is 3.59. The van der Waals surface area contributed by atoms with Crippen molar-refractivity contribution in [3.05, 3.63) is 0 Å². The van der Waals surface area contributed by atoms with Gasteiger partial charge in [-0.2, -0.15) is 0 Å². The van der Waals surface area contributed by atoms with Gasteiger partial charge in [-0.3, -0.25) is 9.32 Å². The zero-order valence-corrected chi connectivity index (χ0v) is 11.7. The Bertz CT molecular complexity index is 443. The number of rotatable bonds is 9. The van der Waals surface area contributed by atoms with Gasteiger partial charge in [0.25, 0.3) is 0 Å². The van der Waals surface area contributed by atoms with Crippen LogP contribution in [0.3, 0.4) is 0 Å². The molecule has 0 radical (unpaired) electrons. The van der Waals surface area contributed by atoms with E-state index in [4.69, 9.17) is 29.8 Å². The van der Waals surface area contributed by atoms with Gasteiger partial charge in [0.2, 0.25) is 6.36 Å². The Morgan fingerprint density at radius 1 is 1.05 bits per heavy atom. The molecule has 0 aliphatic heterocycles. The first-order valence-corrected chi connectivity index (χ1v) is 7.96. The molecule has 1 unspecified atom stereocenters. The fourth-order valence-corrected chi connectivity index (χ4v) is 1.67. The third-order valence-electron chi connectivity index (χ3n) is 1.85. The van der Waals surface area contributed by atoms with Crippen molar-refractivity contribution in [1.29, 1.82) is 0 Å². The van der Waals surface area contributed by atoms with Crippen molar-refractivity contribution in [2.24, 2.45) is 0 Å². The maximum atomic E-state index is 13.0. The number of alkyl halides is 1. The molecule has 4 atom stereocenters. The Morgan fingerprint density at radius 2 is 1.52 bits per heavy atom. The Kier molecular flexibility index (Phi) is 7.70. The molecule has 0 saturated heterocycles. The molecule has 0 spiro atoms. The number of phosphoric ester groups is 2. The third kappa shape index (κ3) is 8.66. The van der Waals surface area contributed by atoms with E-state index in [1.54, 1.807) is 0 Å². The zero-order chi connectivity index (χ0) is 17.0. The number of aliphatic hydroxyl groups is 3. The lowest BCUT2D eigenvalue weighted by Gasteiger charge is -2.22. The van der Waals surface area contributed by atoms with Gasteiger partial charge in [0.15, 0.2) is 5.78 Å². The van der Waals surface area contributed by atoms with Gasteiger partial charge in [0.1, 0.15) is 18.3 Å². The Morgan fingerprint density at radius 3 is 1.90 bits per heavy atom. The monoisotopic (exact) mass is 358 g/mol. The smallest absolute Gasteiger partial charge is 0.384 e. The minimum atomic E-state index is -5.35. The van der Waals surface area contributed by atoms with Crippen LogP contribution in [0, 0.1) is 0 Å². The SMILES string of the molecule is O=C([C@H](O)COP(=O)(O)O)[C@@H](O)[C@H](O)C(F)OP(=O)(O)O. The lowest BCUT2D eigenvalue weighted by molar-refractivity contribution is -0.155. The minimum absolute atomic E-state index is 1.27. The summed E-state index contributed by atoms with van der Waals surface area (Å²) in [6, 6.07) is 0. The summed E-state index contributed by atoms with van der Waals surface area (Å²) in [6.07, 6.45) is -11.0. The maximum absolute atomic E-state index is 13.0. The van der Waals surface area contributed by atoms with Gasteiger partial charge in [-0.15, -0.1) is 0 Å². The van der Waals surface area contributed by atoms with Crippen LogP contribution in [0.2, 0.25) is 0 Å². The number of halogens is 1. The molecule has 15 heteroatoms. The molecule has 0 aromatic heterocycles. The number of Topliss-reactive ketones (excluding diaryl/α,β-unsaturated/α-hetero) is 1. The molecule has 0 aliphatic carbocycles. The molecule has 0 rings (SSSR count). The van der Waals surface area contributed by atoms with Crippen molar-refractivity contribution in [2.75, 3.05) is 6.61 Å². The van der Waals surface area contributed by atoms with Crippen LogP contribution in [0.5, 0.6) is 0 Å². The van der Waals surface area contributed by atoms with Gasteiger partial charge < -0.3 is 34.9 Å². The number of hydrogen-bond acceptors (Lipinski definition) is 8. The second-order valence-corrected chi connectivity index (χ2v) is 6.02. The molecule has 0 aromatic carbocycles. The normalized spacial score (nSPS) is 18.9. The van der Waals surface area contributed by atoms with Gasteiger partial charge >= 0.3 is 15.6 Å². The van der Waals surface area contributed by atoms with E-state index >= 15 is 0 Å². The quantitative estimate of drug-likeness (QED) is 0.208. The average molecular weight is 358 g/mol. The number of phosphoric acid groups is 2. The molecule has 0 aromatic rings. The van der Waals surface area contributed by atoms with E-state index in [1.807, 2.05) is 0 Å². The molecule has 0 amide bonds. The van der Waals surface area contributed by atoms with Gasteiger partial charge in [0, 0.05) is 0 Å². The first-order chi connectivity index (χ1) is 9.24. The van der Waals surface area contributed by atoms with E-state index < -0.39 is 52.7 Å². The van der Waals surface area contributed by atoms with Crippen molar-refractivity contribution in [2.45, 2.75) is 24.7 Å². The number of aliphatic hydroxyl groups excluding tert-OH is 3. The number of carbonyl (C=O) groups is 1. The van der Waals surface area contributed by atoms with Crippen molar-refractivity contribution in [1.82, 2.24) is 0 Å². The van der Waals surface area contributed by atoms with Crippen LogP contribution in [0.4, 0.5) is 4.39 Å². The standard InChI is InChI=1S/C6H13FO12P2/c7-6(19-21(15,16)17)5(11)4(10)3(9)2(8)1-18-20(12,13)14/h2,4-6,8,10-11H,1H2,(H2,12,13,14)(H2,15,16,17)/t2-,4-,5+,6?/m1/s1. The molecule has 0 aliphatic rings. The van der Waals surface area contributed by atoms with Gasteiger partial charge in [-0.05, 0) is 0 Å². The minimum Gasteiger partial charge on any atom is -0.384 e. The topological polar surface area (TPSA) is 211 Å². The lowest BCUT2D eigenvalue weighted by Crippen LogP contribution is -2.46. The van der Waals surface area contributed by atoms with Gasteiger partial charge in [-0.1, -0.05) is 0 Å². The van der Waals surface area contributed by atoms with Crippen LogP contribution in [-0.4, -0.2) is 72.0 Å². The van der Waals surface area contributed by atoms with Gasteiger partial charge in [0.05, 0.1) is 6.61 Å². The van der Waals surface area contributed by atoms with E-state index in [9.17, 15) is 23.4 Å². The predicted molar refractivity (Wildman–Crippen MR) is 59.0 cm³/mol. The Labute approximate surface area is 116 Å². The van der Waals surface area contributed by atoms with Crippen LogP contribution in [0.1, 0.15) is 0 Å².